The SMILES string of the molecule is Cc1nc(C#N)c(Cl)c(Cl)c1Cl. The van der Waals surface area contributed by atoms with Crippen molar-refractivity contribution < 1.29 is 0 Å². The van der Waals surface area contributed by atoms with Crippen molar-refractivity contribution in [2.45, 2.75) is 6.92 Å². The molecule has 12 heavy (non-hydrogen) atoms. The highest BCUT2D eigenvalue weighted by Crippen LogP contribution is 2.32. The first kappa shape index (κ1) is 9.60. The second-order valence-corrected chi connectivity index (χ2v) is 3.23. The van der Waals surface area contributed by atoms with Crippen LogP contribution in [0.3, 0.4) is 0 Å². The van der Waals surface area contributed by atoms with Gasteiger partial charge in [-0.3, -0.25) is 0 Å². The van der Waals surface area contributed by atoms with Crippen LogP contribution in [0.1, 0.15) is 11.4 Å². The number of nitrogens with zero attached hydrogens (tertiary/aromatic N) is 2. The minimum Gasteiger partial charge on any atom is -0.239 e. The Morgan fingerprint density at radius 3 is 2.25 bits per heavy atom. The first-order valence-electron chi connectivity index (χ1n) is 2.99. The quantitative estimate of drug-likeness (QED) is 0.674. The molecular formula is C7H3Cl3N2. The number of pyridine rings is 1. The van der Waals surface area contributed by atoms with Gasteiger partial charge in [0.2, 0.25) is 0 Å². The molecule has 1 rings (SSSR count). The fraction of sp³-hybridized carbons (Fsp3) is 0.143. The summed E-state index contributed by atoms with van der Waals surface area (Å²) in [7, 11) is 0. The van der Waals surface area contributed by atoms with Gasteiger partial charge in [0, 0.05) is 0 Å². The van der Waals surface area contributed by atoms with Gasteiger partial charge >= 0.3 is 0 Å². The Balaban J connectivity index is 3.52. The maximum Gasteiger partial charge on any atom is 0.160 e. The summed E-state index contributed by atoms with van der Waals surface area (Å²) in [6.45, 7) is 1.66. The van der Waals surface area contributed by atoms with Crippen LogP contribution in [0, 0.1) is 18.3 Å². The summed E-state index contributed by atoms with van der Waals surface area (Å²) in [6.07, 6.45) is 0. The van der Waals surface area contributed by atoms with Crippen molar-refractivity contribution in [3.8, 4) is 6.07 Å². The molecule has 0 spiro atoms. The fourth-order valence-corrected chi connectivity index (χ4v) is 1.29. The van der Waals surface area contributed by atoms with E-state index >= 15 is 0 Å². The largest absolute Gasteiger partial charge is 0.239 e. The highest BCUT2D eigenvalue weighted by Gasteiger charge is 2.12. The van der Waals surface area contributed by atoms with E-state index in [2.05, 4.69) is 4.98 Å². The van der Waals surface area contributed by atoms with Crippen molar-refractivity contribution in [3.63, 3.8) is 0 Å². The molecule has 0 aromatic carbocycles. The monoisotopic (exact) mass is 220 g/mol. The third kappa shape index (κ3) is 1.49. The Kier molecular flexibility index (Phi) is 2.79. The van der Waals surface area contributed by atoms with E-state index in [0.29, 0.717) is 10.7 Å². The van der Waals surface area contributed by atoms with Crippen LogP contribution in [0.15, 0.2) is 0 Å². The molecule has 1 aromatic heterocycles. The van der Waals surface area contributed by atoms with Gasteiger partial charge in [-0.2, -0.15) is 5.26 Å². The lowest BCUT2D eigenvalue weighted by Crippen LogP contribution is -1.91. The van der Waals surface area contributed by atoms with Crippen molar-refractivity contribution >= 4 is 34.8 Å². The molecule has 62 valence electrons. The zero-order valence-electron chi connectivity index (χ0n) is 6.03. The smallest absolute Gasteiger partial charge is 0.160 e. The Morgan fingerprint density at radius 1 is 1.17 bits per heavy atom. The zero-order chi connectivity index (χ0) is 9.30. The molecule has 0 aliphatic carbocycles. The number of hydrogen-bond donors (Lipinski definition) is 0. The number of rotatable bonds is 0. The van der Waals surface area contributed by atoms with Crippen molar-refractivity contribution in [2.24, 2.45) is 0 Å². The molecule has 1 heterocycles. The van der Waals surface area contributed by atoms with Gasteiger partial charge in [-0.25, -0.2) is 4.98 Å². The highest BCUT2D eigenvalue weighted by molar-refractivity contribution is 6.48. The second-order valence-electron chi connectivity index (χ2n) is 2.10. The molecule has 0 saturated heterocycles. The number of aryl methyl sites for hydroxylation is 1. The summed E-state index contributed by atoms with van der Waals surface area (Å²) in [5, 5.41) is 9.14. The molecule has 1 aromatic rings. The molecule has 5 heteroatoms. The van der Waals surface area contributed by atoms with Crippen LogP contribution < -0.4 is 0 Å². The zero-order valence-corrected chi connectivity index (χ0v) is 8.30. The van der Waals surface area contributed by atoms with E-state index in [-0.39, 0.29) is 15.7 Å². The second kappa shape index (κ2) is 3.49. The van der Waals surface area contributed by atoms with E-state index in [1.807, 2.05) is 6.07 Å². The summed E-state index contributed by atoms with van der Waals surface area (Å²) in [5.74, 6) is 0. The predicted octanol–water partition coefficient (Wildman–Crippen LogP) is 3.22. The minimum atomic E-state index is 0.101. The Hall–Kier alpha value is -0.490. The van der Waals surface area contributed by atoms with Crippen LogP contribution >= 0.6 is 34.8 Å². The number of aromatic nitrogens is 1. The van der Waals surface area contributed by atoms with Crippen LogP contribution in [0.4, 0.5) is 0 Å². The van der Waals surface area contributed by atoms with Gasteiger partial charge in [-0.05, 0) is 6.92 Å². The van der Waals surface area contributed by atoms with E-state index < -0.39 is 0 Å². The maximum atomic E-state index is 8.56. The summed E-state index contributed by atoms with van der Waals surface area (Å²) in [6, 6.07) is 1.82. The number of nitriles is 1. The summed E-state index contributed by atoms with van der Waals surface area (Å²) in [5.41, 5.74) is 0.603. The molecule has 0 aliphatic rings. The minimum absolute atomic E-state index is 0.101. The van der Waals surface area contributed by atoms with E-state index in [1.54, 1.807) is 6.92 Å². The first-order chi connectivity index (χ1) is 5.57. The lowest BCUT2D eigenvalue weighted by molar-refractivity contribution is 1.17. The number of hydrogen-bond acceptors (Lipinski definition) is 2. The molecule has 0 fully saturated rings. The van der Waals surface area contributed by atoms with Gasteiger partial charge in [-0.1, -0.05) is 34.8 Å². The Labute approximate surface area is 84.7 Å². The van der Waals surface area contributed by atoms with Crippen LogP contribution in [0.2, 0.25) is 15.1 Å². The third-order valence-electron chi connectivity index (χ3n) is 1.30. The van der Waals surface area contributed by atoms with Gasteiger partial charge in [0.25, 0.3) is 0 Å². The van der Waals surface area contributed by atoms with Gasteiger partial charge in [-0.15, -0.1) is 0 Å². The van der Waals surface area contributed by atoms with E-state index in [1.165, 1.54) is 0 Å². The van der Waals surface area contributed by atoms with E-state index in [4.69, 9.17) is 40.1 Å². The molecule has 0 saturated carbocycles. The molecule has 0 amide bonds. The fourth-order valence-electron chi connectivity index (χ4n) is 0.699. The maximum absolute atomic E-state index is 8.56. The summed E-state index contributed by atoms with van der Waals surface area (Å²) >= 11 is 17.1. The normalized spacial score (nSPS) is 9.58. The lowest BCUT2D eigenvalue weighted by atomic mass is 10.3. The van der Waals surface area contributed by atoms with Gasteiger partial charge < -0.3 is 0 Å². The first-order valence-corrected chi connectivity index (χ1v) is 4.12. The van der Waals surface area contributed by atoms with E-state index in [9.17, 15) is 0 Å². The molecule has 0 bridgehead atoms. The van der Waals surface area contributed by atoms with Crippen molar-refractivity contribution in [1.82, 2.24) is 4.98 Å². The summed E-state index contributed by atoms with van der Waals surface area (Å²) in [4.78, 5) is 3.84. The lowest BCUT2D eigenvalue weighted by Gasteiger charge is -2.02. The van der Waals surface area contributed by atoms with E-state index in [0.717, 1.165) is 0 Å². The summed E-state index contributed by atoms with van der Waals surface area (Å²) < 4.78 is 0. The molecule has 0 unspecified atom stereocenters. The van der Waals surface area contributed by atoms with Gasteiger partial charge in [0.1, 0.15) is 6.07 Å². The topological polar surface area (TPSA) is 36.7 Å². The Bertz CT molecular complexity index is 368. The third-order valence-corrected chi connectivity index (χ3v) is 2.70. The molecule has 0 N–H and O–H groups in total. The van der Waals surface area contributed by atoms with Crippen LogP contribution in [0.25, 0.3) is 0 Å². The van der Waals surface area contributed by atoms with Crippen LogP contribution in [-0.2, 0) is 0 Å². The standard InChI is InChI=1S/C7H3Cl3N2/c1-3-5(8)7(10)6(9)4(2-11)12-3/h1H3. The highest BCUT2D eigenvalue weighted by atomic mass is 35.5. The van der Waals surface area contributed by atoms with Gasteiger partial charge in [0.15, 0.2) is 5.69 Å². The van der Waals surface area contributed by atoms with Gasteiger partial charge in [0.05, 0.1) is 20.8 Å². The van der Waals surface area contributed by atoms with Crippen LogP contribution in [-0.4, -0.2) is 4.98 Å². The average molecular weight is 221 g/mol. The van der Waals surface area contributed by atoms with Crippen molar-refractivity contribution in [2.75, 3.05) is 0 Å². The van der Waals surface area contributed by atoms with Crippen molar-refractivity contribution in [3.05, 3.63) is 26.5 Å². The van der Waals surface area contributed by atoms with Crippen molar-refractivity contribution in [1.29, 1.82) is 5.26 Å². The predicted molar refractivity (Wildman–Crippen MR) is 48.7 cm³/mol. The molecule has 2 nitrogen and oxygen atoms in total. The Morgan fingerprint density at radius 2 is 1.75 bits per heavy atom. The van der Waals surface area contributed by atoms with Crippen LogP contribution in [0.5, 0.6) is 0 Å². The molecule has 0 radical (unpaired) electrons. The molecular weight excluding hydrogens is 218 g/mol. The molecule has 0 aliphatic heterocycles. The number of halogens is 3. The molecule has 0 atom stereocenters. The average Bonchev–Trinajstić information content (AvgIpc) is 2.08.